The van der Waals surface area contributed by atoms with Crippen LogP contribution in [0.2, 0.25) is 0 Å². The summed E-state index contributed by atoms with van der Waals surface area (Å²) in [4.78, 5) is 11.7. The second-order valence-electron chi connectivity index (χ2n) is 3.14. The van der Waals surface area contributed by atoms with Crippen molar-refractivity contribution in [3.63, 3.8) is 0 Å². The zero-order chi connectivity index (χ0) is 10.8. The molecule has 0 atom stereocenters. The minimum atomic E-state index is -0.415. The number of ketones is 1. The molecule has 0 fully saturated rings. The molecule has 0 spiro atoms. The first-order chi connectivity index (χ1) is 7.16. The van der Waals surface area contributed by atoms with Gasteiger partial charge in [-0.15, -0.1) is 0 Å². The van der Waals surface area contributed by atoms with Crippen molar-refractivity contribution in [1.29, 1.82) is 0 Å². The van der Waals surface area contributed by atoms with Gasteiger partial charge < -0.3 is 0 Å². The highest BCUT2D eigenvalue weighted by Gasteiger charge is 2.12. The molecular formula is C10H7FN2OS. The summed E-state index contributed by atoms with van der Waals surface area (Å²) in [6, 6.07) is 4.20. The Bertz CT molecular complexity index is 476. The third-order valence-corrected chi connectivity index (χ3v) is 2.38. The third-order valence-electron chi connectivity index (χ3n) is 1.90. The number of carbonyl (C=O) groups excluding carboxylic acids is 1. The van der Waals surface area contributed by atoms with E-state index in [1.165, 1.54) is 18.3 Å². The molecule has 0 saturated heterocycles. The van der Waals surface area contributed by atoms with Crippen LogP contribution in [0.5, 0.6) is 0 Å². The molecule has 1 aromatic carbocycles. The van der Waals surface area contributed by atoms with Crippen molar-refractivity contribution in [2.24, 2.45) is 0 Å². The first-order valence-corrected chi connectivity index (χ1v) is 4.99. The van der Waals surface area contributed by atoms with Crippen LogP contribution < -0.4 is 0 Å². The van der Waals surface area contributed by atoms with Crippen LogP contribution >= 0.6 is 11.7 Å². The van der Waals surface area contributed by atoms with Crippen LogP contribution in [-0.2, 0) is 0 Å². The fourth-order valence-corrected chi connectivity index (χ4v) is 1.69. The smallest absolute Gasteiger partial charge is 0.214 e. The molecule has 0 bridgehead atoms. The highest BCUT2D eigenvalue weighted by molar-refractivity contribution is 6.99. The highest BCUT2D eigenvalue weighted by Crippen LogP contribution is 2.12. The highest BCUT2D eigenvalue weighted by atomic mass is 32.1. The fourth-order valence-electron chi connectivity index (χ4n) is 1.28. The molecule has 0 saturated carbocycles. The molecule has 1 aromatic heterocycles. The van der Waals surface area contributed by atoms with E-state index in [0.29, 0.717) is 11.1 Å². The molecule has 5 heteroatoms. The maximum Gasteiger partial charge on any atom is 0.214 e. The summed E-state index contributed by atoms with van der Waals surface area (Å²) in [6.45, 7) is 1.74. The van der Waals surface area contributed by atoms with Crippen molar-refractivity contribution in [1.82, 2.24) is 8.75 Å². The molecular weight excluding hydrogens is 215 g/mol. The Hall–Kier alpha value is -1.62. The summed E-state index contributed by atoms with van der Waals surface area (Å²) < 4.78 is 20.6. The van der Waals surface area contributed by atoms with Gasteiger partial charge in [-0.25, -0.2) is 4.39 Å². The quantitative estimate of drug-likeness (QED) is 0.732. The third kappa shape index (κ3) is 2.07. The molecule has 15 heavy (non-hydrogen) atoms. The summed E-state index contributed by atoms with van der Waals surface area (Å²) in [5, 5.41) is 0. The number of rotatable bonds is 2. The second kappa shape index (κ2) is 3.86. The minimum absolute atomic E-state index is 0.255. The van der Waals surface area contributed by atoms with Gasteiger partial charge in [-0.05, 0) is 30.7 Å². The number of benzene rings is 1. The molecule has 0 amide bonds. The van der Waals surface area contributed by atoms with Gasteiger partial charge in [0.2, 0.25) is 5.78 Å². The maximum atomic E-state index is 13.0. The van der Waals surface area contributed by atoms with Crippen LogP contribution in [0.15, 0.2) is 24.4 Å². The molecule has 3 nitrogen and oxygen atoms in total. The largest absolute Gasteiger partial charge is 0.287 e. The Morgan fingerprint density at radius 1 is 1.40 bits per heavy atom. The van der Waals surface area contributed by atoms with Crippen LogP contribution in [0.25, 0.3) is 0 Å². The second-order valence-corrected chi connectivity index (χ2v) is 3.70. The van der Waals surface area contributed by atoms with Gasteiger partial charge >= 0.3 is 0 Å². The number of hydrogen-bond donors (Lipinski definition) is 0. The van der Waals surface area contributed by atoms with Crippen molar-refractivity contribution in [3.8, 4) is 0 Å². The topological polar surface area (TPSA) is 42.9 Å². The molecule has 2 rings (SSSR count). The van der Waals surface area contributed by atoms with E-state index >= 15 is 0 Å². The van der Waals surface area contributed by atoms with Crippen LogP contribution in [0.4, 0.5) is 4.39 Å². The zero-order valence-corrected chi connectivity index (χ0v) is 8.71. The number of aryl methyl sites for hydroxylation is 1. The Morgan fingerprint density at radius 3 is 2.80 bits per heavy atom. The first-order valence-electron chi connectivity index (χ1n) is 4.26. The molecule has 2 aromatic rings. The molecule has 76 valence electrons. The summed E-state index contributed by atoms with van der Waals surface area (Å²) in [7, 11) is 0. The summed E-state index contributed by atoms with van der Waals surface area (Å²) in [5.74, 6) is -0.715. The average Bonchev–Trinajstić information content (AvgIpc) is 2.67. The zero-order valence-electron chi connectivity index (χ0n) is 7.90. The number of halogens is 1. The average molecular weight is 222 g/mol. The molecule has 0 aliphatic carbocycles. The van der Waals surface area contributed by atoms with Gasteiger partial charge in [0.05, 0.1) is 17.9 Å². The lowest BCUT2D eigenvalue weighted by atomic mass is 10.1. The maximum absolute atomic E-state index is 13.0. The van der Waals surface area contributed by atoms with Gasteiger partial charge in [0, 0.05) is 5.56 Å². The van der Waals surface area contributed by atoms with Gasteiger partial charge in [-0.2, -0.15) is 8.75 Å². The van der Waals surface area contributed by atoms with E-state index in [4.69, 9.17) is 0 Å². The van der Waals surface area contributed by atoms with E-state index in [9.17, 15) is 9.18 Å². The first kappa shape index (κ1) is 9.92. The summed E-state index contributed by atoms with van der Waals surface area (Å²) in [5.41, 5.74) is 1.27. The van der Waals surface area contributed by atoms with Gasteiger partial charge in [-0.3, -0.25) is 4.79 Å². The molecule has 0 radical (unpaired) electrons. The van der Waals surface area contributed by atoms with E-state index in [1.54, 1.807) is 13.0 Å². The van der Waals surface area contributed by atoms with Crippen LogP contribution in [-0.4, -0.2) is 14.5 Å². The summed E-state index contributed by atoms with van der Waals surface area (Å²) in [6.07, 6.45) is 1.38. The molecule has 0 N–H and O–H groups in total. The number of nitrogens with zero attached hydrogens (tertiary/aromatic N) is 2. The van der Waals surface area contributed by atoms with E-state index in [2.05, 4.69) is 8.75 Å². The molecule has 1 heterocycles. The van der Waals surface area contributed by atoms with Crippen molar-refractivity contribution in [3.05, 3.63) is 47.0 Å². The van der Waals surface area contributed by atoms with Crippen LogP contribution in [0, 0.1) is 12.7 Å². The summed E-state index contributed by atoms with van der Waals surface area (Å²) >= 11 is 0.956. The Kier molecular flexibility index (Phi) is 2.55. The number of aromatic nitrogens is 2. The minimum Gasteiger partial charge on any atom is -0.287 e. The van der Waals surface area contributed by atoms with Crippen molar-refractivity contribution >= 4 is 17.5 Å². The van der Waals surface area contributed by atoms with Gasteiger partial charge in [0.15, 0.2) is 0 Å². The predicted molar refractivity (Wildman–Crippen MR) is 54.5 cm³/mol. The number of hydrogen-bond acceptors (Lipinski definition) is 4. The SMILES string of the molecule is Cc1cc(F)cc(C(=O)c2cnsn2)c1. The van der Waals surface area contributed by atoms with E-state index in [1.807, 2.05) is 0 Å². The van der Waals surface area contributed by atoms with E-state index in [-0.39, 0.29) is 11.5 Å². The van der Waals surface area contributed by atoms with Crippen LogP contribution in [0.3, 0.4) is 0 Å². The number of carbonyl (C=O) groups is 1. The molecule has 0 aliphatic rings. The van der Waals surface area contributed by atoms with Crippen molar-refractivity contribution < 1.29 is 9.18 Å². The molecule has 0 unspecified atom stereocenters. The lowest BCUT2D eigenvalue weighted by molar-refractivity contribution is 0.103. The van der Waals surface area contributed by atoms with Gasteiger partial charge in [0.1, 0.15) is 11.5 Å². The lowest BCUT2D eigenvalue weighted by Gasteiger charge is -1.99. The monoisotopic (exact) mass is 222 g/mol. The Labute approximate surface area is 89.9 Å². The van der Waals surface area contributed by atoms with Crippen molar-refractivity contribution in [2.45, 2.75) is 6.92 Å². The fraction of sp³-hybridized carbons (Fsp3) is 0.100. The normalized spacial score (nSPS) is 10.3. The van der Waals surface area contributed by atoms with Gasteiger partial charge in [0.25, 0.3) is 0 Å². The van der Waals surface area contributed by atoms with Crippen LogP contribution in [0.1, 0.15) is 21.6 Å². The van der Waals surface area contributed by atoms with E-state index < -0.39 is 5.82 Å². The Morgan fingerprint density at radius 2 is 2.20 bits per heavy atom. The lowest BCUT2D eigenvalue weighted by Crippen LogP contribution is -2.02. The Balaban J connectivity index is 2.42. The molecule has 0 aliphatic heterocycles. The van der Waals surface area contributed by atoms with E-state index in [0.717, 1.165) is 11.7 Å². The standard InChI is InChI=1S/C10H7FN2OS/c1-6-2-7(4-8(11)3-6)10(14)9-5-12-15-13-9/h2-5H,1H3. The van der Waals surface area contributed by atoms with Crippen molar-refractivity contribution in [2.75, 3.05) is 0 Å². The predicted octanol–water partition coefficient (Wildman–Crippen LogP) is 2.22. The van der Waals surface area contributed by atoms with Gasteiger partial charge in [-0.1, -0.05) is 0 Å².